The van der Waals surface area contributed by atoms with E-state index in [1.54, 1.807) is 6.20 Å². The van der Waals surface area contributed by atoms with Crippen molar-refractivity contribution in [2.24, 2.45) is 0 Å². The second-order valence-corrected chi connectivity index (χ2v) is 8.62. The van der Waals surface area contributed by atoms with Gasteiger partial charge < -0.3 is 14.4 Å². The molecular weight excluding hydrogens is 621 g/mol. The van der Waals surface area contributed by atoms with Gasteiger partial charge in [0.05, 0.1) is 5.58 Å². The van der Waals surface area contributed by atoms with E-state index >= 15 is 0 Å². The molecule has 3 heterocycles. The molecule has 0 N–H and O–H groups in total. The zero-order chi connectivity index (χ0) is 25.1. The molecule has 3 aromatic carbocycles. The topological polar surface area (TPSA) is 38.9 Å². The third kappa shape index (κ3) is 5.46. The number of hydrogen-bond donors (Lipinski definition) is 0. The molecule has 0 spiro atoms. The van der Waals surface area contributed by atoms with Crippen LogP contribution in [0.5, 0.6) is 0 Å². The average molecular weight is 648 g/mol. The fourth-order valence-corrected chi connectivity index (χ4v) is 3.94. The monoisotopic (exact) mass is 648 g/mol. The van der Waals surface area contributed by atoms with Crippen molar-refractivity contribution in [2.75, 3.05) is 0 Å². The Kier molecular flexibility index (Phi) is 7.66. The molecule has 3 nitrogen and oxygen atoms in total. The molecule has 0 fully saturated rings. The van der Waals surface area contributed by atoms with Crippen LogP contribution in [0.2, 0.25) is 0 Å². The zero-order valence-corrected chi connectivity index (χ0v) is 22.8. The van der Waals surface area contributed by atoms with Crippen molar-refractivity contribution >= 4 is 21.9 Å². The minimum atomic E-state index is -0.667. The summed E-state index contributed by atoms with van der Waals surface area (Å²) in [5, 5.41) is 2.15. The summed E-state index contributed by atoms with van der Waals surface area (Å²) in [5.74, 6) is -0.667. The number of para-hydroxylation sites is 1. The Balaban J connectivity index is 0.000000195. The van der Waals surface area contributed by atoms with E-state index < -0.39 is 5.89 Å². The molecule has 0 aliphatic carbocycles. The van der Waals surface area contributed by atoms with Crippen LogP contribution < -0.4 is 0 Å². The molecule has 4 heteroatoms. The summed E-state index contributed by atoms with van der Waals surface area (Å²) in [7, 11) is 0. The standard InChI is InChI=1S/C20H16NO.C12H10N.Ir/c1-13(2)14-10-11-21-18(12-14)17-8-5-7-16-15-6-3-4-9-19(15)22-20(16)17;1-10-7-8-12(13-9-10)11-5-3-2-4-6-11;/h3-7,9-13H,1-2H3;2-5,7-9H,1H3;/q2*-1;/i13D;;. The molecule has 36 heavy (non-hydrogen) atoms. The van der Waals surface area contributed by atoms with E-state index in [4.69, 9.17) is 5.79 Å². The number of nitrogens with zero attached hydrogens (tertiary/aromatic N) is 2. The molecular formula is C32H26IrN2O-2. The second-order valence-electron chi connectivity index (χ2n) is 8.62. The molecule has 0 aliphatic heterocycles. The number of aromatic nitrogens is 2. The molecule has 0 bridgehead atoms. The van der Waals surface area contributed by atoms with Crippen molar-refractivity contribution in [3.63, 3.8) is 0 Å². The Morgan fingerprint density at radius 1 is 0.833 bits per heavy atom. The Morgan fingerprint density at radius 2 is 1.67 bits per heavy atom. The first-order valence-corrected chi connectivity index (χ1v) is 11.6. The summed E-state index contributed by atoms with van der Waals surface area (Å²) in [6.45, 7) is 5.78. The van der Waals surface area contributed by atoms with Crippen molar-refractivity contribution in [3.05, 3.63) is 121 Å². The predicted molar refractivity (Wildman–Crippen MR) is 143 cm³/mol. The van der Waals surface area contributed by atoms with Crippen LogP contribution in [0.15, 0.2) is 102 Å². The van der Waals surface area contributed by atoms with E-state index in [9.17, 15) is 0 Å². The Hall–Kier alpha value is -3.59. The first-order chi connectivity index (χ1) is 17.4. The number of hydrogen-bond acceptors (Lipinski definition) is 3. The van der Waals surface area contributed by atoms with E-state index in [0.29, 0.717) is 0 Å². The van der Waals surface area contributed by atoms with Gasteiger partial charge in [0.15, 0.2) is 0 Å². The van der Waals surface area contributed by atoms with E-state index in [0.717, 1.165) is 50.0 Å². The SMILES string of the molecule is Cc1ccc(-c2[c-]cccc2)nc1.[2H]C(C)(C)c1ccnc(-c2[c-]ccc3c2oc2ccccc23)c1.[Ir]. The van der Waals surface area contributed by atoms with Crippen molar-refractivity contribution in [3.8, 4) is 22.5 Å². The van der Waals surface area contributed by atoms with Crippen LogP contribution in [-0.2, 0) is 20.1 Å². The summed E-state index contributed by atoms with van der Waals surface area (Å²) in [5.41, 5.74) is 7.40. The minimum absolute atomic E-state index is 0. The van der Waals surface area contributed by atoms with Crippen LogP contribution in [0, 0.1) is 19.1 Å². The number of pyridine rings is 2. The maximum atomic E-state index is 8.22. The number of furan rings is 1. The maximum Gasteiger partial charge on any atom is 0.120 e. The summed E-state index contributed by atoms with van der Waals surface area (Å²) >= 11 is 0. The first-order valence-electron chi connectivity index (χ1n) is 12.1. The van der Waals surface area contributed by atoms with E-state index in [1.807, 2.05) is 99.8 Å². The van der Waals surface area contributed by atoms with E-state index in [2.05, 4.69) is 34.2 Å². The van der Waals surface area contributed by atoms with Crippen LogP contribution in [0.4, 0.5) is 0 Å². The van der Waals surface area contributed by atoms with Crippen molar-refractivity contribution in [1.29, 1.82) is 0 Å². The van der Waals surface area contributed by atoms with Crippen molar-refractivity contribution < 1.29 is 25.9 Å². The van der Waals surface area contributed by atoms with Gasteiger partial charge in [-0.2, -0.15) is 0 Å². The van der Waals surface area contributed by atoms with Gasteiger partial charge in [-0.3, -0.25) is 0 Å². The molecule has 6 rings (SSSR count). The van der Waals surface area contributed by atoms with Crippen LogP contribution in [-0.4, -0.2) is 9.97 Å². The van der Waals surface area contributed by atoms with Gasteiger partial charge in [0.2, 0.25) is 0 Å². The first kappa shape index (κ1) is 24.1. The molecule has 0 unspecified atom stereocenters. The number of benzene rings is 3. The molecule has 0 atom stereocenters. The largest absolute Gasteiger partial charge is 0.501 e. The third-order valence-electron chi connectivity index (χ3n) is 5.83. The number of rotatable bonds is 3. The summed E-state index contributed by atoms with van der Waals surface area (Å²) in [6.07, 6.45) is 3.62. The molecule has 0 aliphatic rings. The van der Waals surface area contributed by atoms with Gasteiger partial charge in [0.1, 0.15) is 5.58 Å². The van der Waals surface area contributed by atoms with Crippen LogP contribution in [0.1, 0.15) is 32.2 Å². The van der Waals surface area contributed by atoms with Gasteiger partial charge in [-0.05, 0) is 41.9 Å². The molecule has 0 saturated heterocycles. The smallest absolute Gasteiger partial charge is 0.120 e. The number of fused-ring (bicyclic) bond motifs is 3. The van der Waals surface area contributed by atoms with E-state index in [1.165, 1.54) is 5.56 Å². The van der Waals surface area contributed by atoms with Gasteiger partial charge >= 0.3 is 0 Å². The van der Waals surface area contributed by atoms with Gasteiger partial charge in [-0.1, -0.05) is 66.8 Å². The Bertz CT molecular complexity index is 1620. The fourth-order valence-electron chi connectivity index (χ4n) is 3.94. The molecule has 0 saturated carbocycles. The molecule has 0 amide bonds. The van der Waals surface area contributed by atoms with Crippen molar-refractivity contribution in [1.82, 2.24) is 9.97 Å². The predicted octanol–water partition coefficient (Wildman–Crippen LogP) is 8.43. The molecule has 6 aromatic rings. The maximum absolute atomic E-state index is 8.22. The Morgan fingerprint density at radius 3 is 2.42 bits per heavy atom. The Labute approximate surface area is 227 Å². The summed E-state index contributed by atoms with van der Waals surface area (Å²) in [6, 6.07) is 34.1. The third-order valence-corrected chi connectivity index (χ3v) is 5.83. The van der Waals surface area contributed by atoms with Gasteiger partial charge in [-0.25, -0.2) is 0 Å². The molecule has 1 radical (unpaired) electrons. The fraction of sp³-hybridized carbons (Fsp3) is 0.125. The summed E-state index contributed by atoms with van der Waals surface area (Å²) < 4.78 is 14.3. The van der Waals surface area contributed by atoms with Crippen LogP contribution in [0.3, 0.4) is 0 Å². The minimum Gasteiger partial charge on any atom is -0.501 e. The zero-order valence-electron chi connectivity index (χ0n) is 21.4. The average Bonchev–Trinajstić information content (AvgIpc) is 3.29. The van der Waals surface area contributed by atoms with Gasteiger partial charge in [-0.15, -0.1) is 54.1 Å². The molecule has 181 valence electrons. The summed E-state index contributed by atoms with van der Waals surface area (Å²) in [4.78, 5) is 8.79. The van der Waals surface area contributed by atoms with Gasteiger partial charge in [0, 0.05) is 39.3 Å². The van der Waals surface area contributed by atoms with E-state index in [-0.39, 0.29) is 20.1 Å². The van der Waals surface area contributed by atoms with Crippen LogP contribution in [0.25, 0.3) is 44.5 Å². The number of aryl methyl sites for hydroxylation is 1. The van der Waals surface area contributed by atoms with Gasteiger partial charge in [0.25, 0.3) is 0 Å². The quantitative estimate of drug-likeness (QED) is 0.181. The second kappa shape index (κ2) is 11.4. The normalized spacial score (nSPS) is 11.4. The molecule has 3 aromatic heterocycles. The van der Waals surface area contributed by atoms with Crippen LogP contribution >= 0.6 is 0 Å². The van der Waals surface area contributed by atoms with Crippen molar-refractivity contribution in [2.45, 2.75) is 26.7 Å².